The van der Waals surface area contributed by atoms with Gasteiger partial charge in [-0.1, -0.05) is 65.2 Å². The fraction of sp³-hybridized carbons (Fsp3) is 0.826. The smallest absolute Gasteiger partial charge is 0.242 e. The van der Waals surface area contributed by atoms with Gasteiger partial charge in [-0.15, -0.1) is 0 Å². The molecule has 0 saturated carbocycles. The van der Waals surface area contributed by atoms with Gasteiger partial charge < -0.3 is 21.7 Å². The highest BCUT2D eigenvalue weighted by atomic mass is 16.2. The van der Waals surface area contributed by atoms with Crippen molar-refractivity contribution in [3.63, 3.8) is 0 Å². The highest BCUT2D eigenvalue weighted by Gasteiger charge is 2.21. The van der Waals surface area contributed by atoms with Gasteiger partial charge in [0.15, 0.2) is 0 Å². The molecule has 8 heteroatoms. The molecule has 0 aliphatic rings. The van der Waals surface area contributed by atoms with E-state index in [0.29, 0.717) is 13.0 Å². The van der Waals surface area contributed by atoms with Gasteiger partial charge in [-0.25, -0.2) is 0 Å². The lowest BCUT2D eigenvalue weighted by molar-refractivity contribution is -0.129. The summed E-state index contributed by atoms with van der Waals surface area (Å²) in [7, 11) is 0. The van der Waals surface area contributed by atoms with Gasteiger partial charge in [0.05, 0.1) is 0 Å². The van der Waals surface area contributed by atoms with Gasteiger partial charge in [-0.05, 0) is 19.3 Å². The summed E-state index contributed by atoms with van der Waals surface area (Å²) in [6, 6.07) is -0.822. The van der Waals surface area contributed by atoms with Crippen LogP contribution in [0.4, 0.5) is 0 Å². The van der Waals surface area contributed by atoms with Crippen LogP contribution in [-0.4, -0.2) is 42.8 Å². The maximum Gasteiger partial charge on any atom is 0.242 e. The maximum atomic E-state index is 12.4. The van der Waals surface area contributed by atoms with E-state index in [2.05, 4.69) is 22.9 Å². The third kappa shape index (κ3) is 18.4. The SMILES string of the molecule is CCCCCCCCCCCC(=O)N[C@H](CCC(N)=O)C(=O)NCCC(=O)NCCC. The van der Waals surface area contributed by atoms with Gasteiger partial charge in [0.1, 0.15) is 6.04 Å². The predicted molar refractivity (Wildman–Crippen MR) is 123 cm³/mol. The summed E-state index contributed by atoms with van der Waals surface area (Å²) in [6.45, 7) is 4.95. The fourth-order valence-electron chi connectivity index (χ4n) is 3.19. The van der Waals surface area contributed by atoms with Crippen molar-refractivity contribution < 1.29 is 19.2 Å². The third-order valence-electron chi connectivity index (χ3n) is 5.06. The van der Waals surface area contributed by atoms with Crippen LogP contribution >= 0.6 is 0 Å². The van der Waals surface area contributed by atoms with Gasteiger partial charge in [-0.2, -0.15) is 0 Å². The normalized spacial score (nSPS) is 11.5. The molecule has 1 atom stereocenters. The summed E-state index contributed by atoms with van der Waals surface area (Å²) in [6.07, 6.45) is 12.0. The van der Waals surface area contributed by atoms with Gasteiger partial charge in [-0.3, -0.25) is 19.2 Å². The Labute approximate surface area is 187 Å². The Kier molecular flexibility index (Phi) is 18.5. The van der Waals surface area contributed by atoms with Gasteiger partial charge in [0.25, 0.3) is 0 Å². The lowest BCUT2D eigenvalue weighted by Crippen LogP contribution is -2.47. The third-order valence-corrected chi connectivity index (χ3v) is 5.06. The van der Waals surface area contributed by atoms with Crippen molar-refractivity contribution in [1.82, 2.24) is 16.0 Å². The monoisotopic (exact) mass is 440 g/mol. The number of rotatable bonds is 20. The van der Waals surface area contributed by atoms with E-state index in [0.717, 1.165) is 25.7 Å². The highest BCUT2D eigenvalue weighted by Crippen LogP contribution is 2.10. The second-order valence-corrected chi connectivity index (χ2v) is 8.09. The van der Waals surface area contributed by atoms with Crippen molar-refractivity contribution in [3.05, 3.63) is 0 Å². The molecule has 0 aromatic carbocycles. The fourth-order valence-corrected chi connectivity index (χ4v) is 3.19. The zero-order valence-electron chi connectivity index (χ0n) is 19.6. The molecule has 0 aliphatic carbocycles. The van der Waals surface area contributed by atoms with Crippen molar-refractivity contribution in [3.8, 4) is 0 Å². The van der Waals surface area contributed by atoms with Crippen molar-refractivity contribution in [2.75, 3.05) is 13.1 Å². The maximum absolute atomic E-state index is 12.4. The van der Waals surface area contributed by atoms with Crippen LogP contribution in [0.5, 0.6) is 0 Å². The average molecular weight is 441 g/mol. The largest absolute Gasteiger partial charge is 0.370 e. The number of nitrogens with two attached hydrogens (primary N) is 1. The number of carbonyl (C=O) groups excluding carboxylic acids is 4. The predicted octanol–water partition coefficient (Wildman–Crippen LogP) is 2.69. The molecule has 180 valence electrons. The molecule has 0 bridgehead atoms. The molecule has 0 aliphatic heterocycles. The van der Waals surface area contributed by atoms with E-state index in [1.807, 2.05) is 6.92 Å². The molecule has 0 rings (SSSR count). The van der Waals surface area contributed by atoms with Crippen LogP contribution in [0, 0.1) is 0 Å². The number of primary amides is 1. The van der Waals surface area contributed by atoms with Gasteiger partial charge in [0, 0.05) is 32.4 Å². The van der Waals surface area contributed by atoms with Crippen LogP contribution in [0.15, 0.2) is 0 Å². The lowest BCUT2D eigenvalue weighted by atomic mass is 10.1. The Morgan fingerprint density at radius 1 is 0.677 bits per heavy atom. The number of carbonyl (C=O) groups is 4. The molecule has 0 fully saturated rings. The van der Waals surface area contributed by atoms with Crippen LogP contribution < -0.4 is 21.7 Å². The summed E-state index contributed by atoms with van der Waals surface area (Å²) >= 11 is 0. The van der Waals surface area contributed by atoms with Crippen LogP contribution in [-0.2, 0) is 19.2 Å². The first kappa shape index (κ1) is 28.9. The molecule has 0 aromatic rings. The quantitative estimate of drug-likeness (QED) is 0.217. The molecule has 4 amide bonds. The highest BCUT2D eigenvalue weighted by molar-refractivity contribution is 5.88. The van der Waals surface area contributed by atoms with E-state index in [4.69, 9.17) is 5.73 Å². The Balaban J connectivity index is 4.18. The number of hydrogen-bond acceptors (Lipinski definition) is 4. The molecule has 31 heavy (non-hydrogen) atoms. The molecule has 8 nitrogen and oxygen atoms in total. The number of hydrogen-bond donors (Lipinski definition) is 4. The second-order valence-electron chi connectivity index (χ2n) is 8.09. The van der Waals surface area contributed by atoms with E-state index >= 15 is 0 Å². The van der Waals surface area contributed by atoms with Crippen molar-refractivity contribution >= 4 is 23.6 Å². The summed E-state index contributed by atoms with van der Waals surface area (Å²) in [4.78, 5) is 47.3. The molecule has 0 radical (unpaired) electrons. The molecule has 0 saturated heterocycles. The Bertz CT molecular complexity index is 526. The van der Waals surface area contributed by atoms with Crippen LogP contribution in [0.3, 0.4) is 0 Å². The average Bonchev–Trinajstić information content (AvgIpc) is 2.73. The summed E-state index contributed by atoms with van der Waals surface area (Å²) in [5.74, 6) is -1.26. The van der Waals surface area contributed by atoms with Crippen LogP contribution in [0.2, 0.25) is 0 Å². The number of nitrogens with one attached hydrogen (secondary N) is 3. The molecule has 0 spiro atoms. The molecule has 5 N–H and O–H groups in total. The van der Waals surface area contributed by atoms with Crippen molar-refractivity contribution in [1.29, 1.82) is 0 Å². The van der Waals surface area contributed by atoms with Crippen LogP contribution in [0.1, 0.15) is 104 Å². The first-order chi connectivity index (χ1) is 14.9. The second kappa shape index (κ2) is 19.8. The Hall–Kier alpha value is -2.12. The van der Waals surface area contributed by atoms with Crippen molar-refractivity contribution in [2.24, 2.45) is 5.73 Å². The number of unbranched alkanes of at least 4 members (excludes halogenated alkanes) is 8. The van der Waals surface area contributed by atoms with E-state index in [1.165, 1.54) is 38.5 Å². The van der Waals surface area contributed by atoms with E-state index < -0.39 is 17.9 Å². The van der Waals surface area contributed by atoms with Gasteiger partial charge >= 0.3 is 0 Å². The first-order valence-corrected chi connectivity index (χ1v) is 12.0. The molecule has 0 heterocycles. The van der Waals surface area contributed by atoms with Crippen LogP contribution in [0.25, 0.3) is 0 Å². The summed E-state index contributed by atoms with van der Waals surface area (Å²) in [5, 5.41) is 8.10. The minimum absolute atomic E-state index is 0.00733. The minimum Gasteiger partial charge on any atom is -0.370 e. The minimum atomic E-state index is -0.822. The molecular formula is C23H44N4O4. The van der Waals surface area contributed by atoms with E-state index in [-0.39, 0.29) is 37.6 Å². The van der Waals surface area contributed by atoms with E-state index in [9.17, 15) is 19.2 Å². The Morgan fingerprint density at radius 2 is 1.29 bits per heavy atom. The molecule has 0 aromatic heterocycles. The molecule has 0 unspecified atom stereocenters. The van der Waals surface area contributed by atoms with E-state index in [1.54, 1.807) is 0 Å². The first-order valence-electron chi connectivity index (χ1n) is 12.0. The zero-order valence-corrected chi connectivity index (χ0v) is 19.6. The molecular weight excluding hydrogens is 396 g/mol. The topological polar surface area (TPSA) is 130 Å². The zero-order chi connectivity index (χ0) is 23.3. The standard InChI is InChI=1S/C23H44N4O4/c1-3-5-6-7-8-9-10-11-12-13-22(30)27-19(14-15-20(24)28)23(31)26-18-16-21(29)25-17-4-2/h19H,3-18H2,1-2H3,(H2,24,28)(H,25,29)(H,26,31)(H,27,30)/t19-/m1/s1. The summed E-state index contributed by atoms with van der Waals surface area (Å²) < 4.78 is 0. The van der Waals surface area contributed by atoms with Crippen molar-refractivity contribution in [2.45, 2.75) is 110 Å². The summed E-state index contributed by atoms with van der Waals surface area (Å²) in [5.41, 5.74) is 5.19. The Morgan fingerprint density at radius 3 is 1.87 bits per heavy atom. The number of amides is 4. The van der Waals surface area contributed by atoms with Gasteiger partial charge in [0.2, 0.25) is 23.6 Å². The lowest BCUT2D eigenvalue weighted by Gasteiger charge is -2.18.